The van der Waals surface area contributed by atoms with Gasteiger partial charge in [-0.05, 0) is 24.6 Å². The number of amides is 1. The highest BCUT2D eigenvalue weighted by molar-refractivity contribution is 7.80. The molecule has 4 N–H and O–H groups in total. The Morgan fingerprint density at radius 2 is 2.16 bits per heavy atom. The number of carbonyl (C=O) groups is 1. The molecule has 4 nitrogen and oxygen atoms in total. The molecule has 1 aromatic carbocycles. The fourth-order valence-electron chi connectivity index (χ4n) is 1.50. The zero-order valence-electron chi connectivity index (χ0n) is 10.8. The number of nitrogens with two attached hydrogens (primary N) is 1. The number of hydrogen-bond acceptors (Lipinski definition) is 3. The van der Waals surface area contributed by atoms with E-state index in [2.05, 4.69) is 10.6 Å². The molecule has 1 amide bonds. The van der Waals surface area contributed by atoms with E-state index in [9.17, 15) is 4.79 Å². The van der Waals surface area contributed by atoms with Crippen LogP contribution in [0.4, 0.5) is 5.69 Å². The van der Waals surface area contributed by atoms with E-state index in [1.54, 1.807) is 12.1 Å². The predicted octanol–water partition coefficient (Wildman–Crippen LogP) is 2.30. The molecule has 0 atom stereocenters. The summed E-state index contributed by atoms with van der Waals surface area (Å²) < 4.78 is 0. The van der Waals surface area contributed by atoms with Crippen molar-refractivity contribution in [1.29, 1.82) is 0 Å². The Balaban J connectivity index is 2.44. The van der Waals surface area contributed by atoms with E-state index in [4.69, 9.17) is 29.6 Å². The van der Waals surface area contributed by atoms with Crippen LogP contribution in [0.15, 0.2) is 18.2 Å². The van der Waals surface area contributed by atoms with E-state index in [1.165, 1.54) is 0 Å². The zero-order chi connectivity index (χ0) is 14.3. The van der Waals surface area contributed by atoms with Crippen molar-refractivity contribution < 1.29 is 4.79 Å². The van der Waals surface area contributed by atoms with Gasteiger partial charge in [-0.25, -0.2) is 0 Å². The molecule has 0 aliphatic carbocycles. The molecular formula is C13H18ClN3OS. The third-order valence-electron chi connectivity index (χ3n) is 2.49. The van der Waals surface area contributed by atoms with Gasteiger partial charge in [0.25, 0.3) is 0 Å². The molecular weight excluding hydrogens is 282 g/mol. The monoisotopic (exact) mass is 299 g/mol. The smallest absolute Gasteiger partial charge is 0.221 e. The predicted molar refractivity (Wildman–Crippen MR) is 83.7 cm³/mol. The van der Waals surface area contributed by atoms with E-state index in [0.717, 1.165) is 12.1 Å². The van der Waals surface area contributed by atoms with Crippen LogP contribution in [0.25, 0.3) is 0 Å². The fourth-order valence-corrected chi connectivity index (χ4v) is 2.01. The maximum atomic E-state index is 11.4. The Morgan fingerprint density at radius 1 is 1.42 bits per heavy atom. The van der Waals surface area contributed by atoms with Gasteiger partial charge in [0.1, 0.15) is 4.99 Å². The second-order valence-corrected chi connectivity index (χ2v) is 4.93. The second-order valence-electron chi connectivity index (χ2n) is 4.09. The molecule has 1 aromatic rings. The highest BCUT2D eigenvalue weighted by Crippen LogP contribution is 2.20. The van der Waals surface area contributed by atoms with Crippen molar-refractivity contribution in [3.8, 4) is 0 Å². The van der Waals surface area contributed by atoms with E-state index < -0.39 is 0 Å². The zero-order valence-corrected chi connectivity index (χ0v) is 12.4. The molecule has 6 heteroatoms. The maximum Gasteiger partial charge on any atom is 0.221 e. The van der Waals surface area contributed by atoms with Crippen LogP contribution in [0.2, 0.25) is 5.02 Å². The van der Waals surface area contributed by atoms with Gasteiger partial charge < -0.3 is 16.4 Å². The Labute approximate surface area is 123 Å². The van der Waals surface area contributed by atoms with Crippen molar-refractivity contribution in [2.45, 2.75) is 19.8 Å². The summed E-state index contributed by atoms with van der Waals surface area (Å²) in [5.74, 6) is 0.0419. The van der Waals surface area contributed by atoms with Crippen LogP contribution in [0, 0.1) is 0 Å². The average Bonchev–Trinajstić information content (AvgIpc) is 2.36. The minimum absolute atomic E-state index is 0.0419. The summed E-state index contributed by atoms with van der Waals surface area (Å²) in [5.41, 5.74) is 7.02. The van der Waals surface area contributed by atoms with Gasteiger partial charge in [-0.15, -0.1) is 0 Å². The standard InChI is InChI=1S/C13H18ClN3OS/c1-2-6-17-12(18)5-7-16-9-3-4-10(13(15)19)11(14)8-9/h3-4,8,16H,2,5-7H2,1H3,(H2,15,19)(H,17,18). The summed E-state index contributed by atoms with van der Waals surface area (Å²) in [4.78, 5) is 11.7. The SMILES string of the molecule is CCCNC(=O)CCNc1ccc(C(N)=S)c(Cl)c1. The van der Waals surface area contributed by atoms with E-state index in [-0.39, 0.29) is 10.9 Å². The number of anilines is 1. The third kappa shape index (κ3) is 5.44. The Bertz CT molecular complexity index is 465. The van der Waals surface area contributed by atoms with Crippen LogP contribution in [-0.2, 0) is 4.79 Å². The molecule has 0 bridgehead atoms. The van der Waals surface area contributed by atoms with Gasteiger partial charge in [-0.3, -0.25) is 4.79 Å². The lowest BCUT2D eigenvalue weighted by Gasteiger charge is -2.09. The summed E-state index contributed by atoms with van der Waals surface area (Å²) in [5, 5.41) is 6.45. The summed E-state index contributed by atoms with van der Waals surface area (Å²) in [7, 11) is 0. The van der Waals surface area contributed by atoms with Gasteiger partial charge in [0.15, 0.2) is 0 Å². The van der Waals surface area contributed by atoms with Gasteiger partial charge in [-0.1, -0.05) is 30.7 Å². The average molecular weight is 300 g/mol. The number of nitrogens with one attached hydrogen (secondary N) is 2. The highest BCUT2D eigenvalue weighted by atomic mass is 35.5. The van der Waals surface area contributed by atoms with Crippen molar-refractivity contribution in [2.24, 2.45) is 5.73 Å². The van der Waals surface area contributed by atoms with Crippen molar-refractivity contribution in [2.75, 3.05) is 18.4 Å². The first-order valence-corrected chi connectivity index (χ1v) is 6.93. The van der Waals surface area contributed by atoms with Gasteiger partial charge in [0.05, 0.1) is 5.02 Å². The fraction of sp³-hybridized carbons (Fsp3) is 0.385. The first-order valence-electron chi connectivity index (χ1n) is 6.14. The van der Waals surface area contributed by atoms with Crippen molar-refractivity contribution in [3.05, 3.63) is 28.8 Å². The van der Waals surface area contributed by atoms with Crippen molar-refractivity contribution >= 4 is 40.4 Å². The molecule has 0 saturated carbocycles. The van der Waals surface area contributed by atoms with Crippen LogP contribution >= 0.6 is 23.8 Å². The van der Waals surface area contributed by atoms with E-state index >= 15 is 0 Å². The topological polar surface area (TPSA) is 67.2 Å². The second kappa shape index (κ2) is 7.96. The number of thiocarbonyl (C=S) groups is 1. The van der Waals surface area contributed by atoms with Crippen LogP contribution in [0.3, 0.4) is 0 Å². The first kappa shape index (κ1) is 15.7. The van der Waals surface area contributed by atoms with E-state index in [1.807, 2.05) is 13.0 Å². The molecule has 0 unspecified atom stereocenters. The van der Waals surface area contributed by atoms with E-state index in [0.29, 0.717) is 30.1 Å². The molecule has 19 heavy (non-hydrogen) atoms. The Hall–Kier alpha value is -1.33. The summed E-state index contributed by atoms with van der Waals surface area (Å²) in [6.07, 6.45) is 1.36. The minimum Gasteiger partial charge on any atom is -0.389 e. The lowest BCUT2D eigenvalue weighted by molar-refractivity contribution is -0.120. The number of carbonyl (C=O) groups excluding carboxylic acids is 1. The molecule has 0 spiro atoms. The molecule has 0 fully saturated rings. The van der Waals surface area contributed by atoms with Crippen LogP contribution < -0.4 is 16.4 Å². The number of benzene rings is 1. The van der Waals surface area contributed by atoms with Crippen LogP contribution in [-0.4, -0.2) is 24.0 Å². The molecule has 0 radical (unpaired) electrons. The Morgan fingerprint density at radius 3 is 2.74 bits per heavy atom. The van der Waals surface area contributed by atoms with Gasteiger partial charge >= 0.3 is 0 Å². The van der Waals surface area contributed by atoms with Crippen molar-refractivity contribution in [3.63, 3.8) is 0 Å². The highest BCUT2D eigenvalue weighted by Gasteiger charge is 2.05. The van der Waals surface area contributed by atoms with Crippen molar-refractivity contribution in [1.82, 2.24) is 5.32 Å². The lowest BCUT2D eigenvalue weighted by atomic mass is 10.2. The summed E-state index contributed by atoms with van der Waals surface area (Å²) in [6, 6.07) is 5.36. The van der Waals surface area contributed by atoms with Crippen LogP contribution in [0.1, 0.15) is 25.3 Å². The molecule has 0 aliphatic heterocycles. The molecule has 0 aromatic heterocycles. The lowest BCUT2D eigenvalue weighted by Crippen LogP contribution is -2.25. The van der Waals surface area contributed by atoms with Gasteiger partial charge in [0.2, 0.25) is 5.91 Å². The number of hydrogen-bond donors (Lipinski definition) is 3. The quantitative estimate of drug-likeness (QED) is 0.676. The Kier molecular flexibility index (Phi) is 6.59. The molecule has 0 heterocycles. The maximum absolute atomic E-state index is 11.4. The number of rotatable bonds is 7. The van der Waals surface area contributed by atoms with Gasteiger partial charge in [0, 0.05) is 30.8 Å². The third-order valence-corrected chi connectivity index (χ3v) is 3.02. The van der Waals surface area contributed by atoms with Gasteiger partial charge in [-0.2, -0.15) is 0 Å². The van der Waals surface area contributed by atoms with Crippen LogP contribution in [0.5, 0.6) is 0 Å². The molecule has 1 rings (SSSR count). The largest absolute Gasteiger partial charge is 0.389 e. The number of halogens is 1. The summed E-state index contributed by atoms with van der Waals surface area (Å²) in [6.45, 7) is 3.29. The molecule has 0 saturated heterocycles. The molecule has 0 aliphatic rings. The molecule has 104 valence electrons. The first-order chi connectivity index (χ1) is 9.04. The minimum atomic E-state index is 0.0419. The normalized spacial score (nSPS) is 10.0. The summed E-state index contributed by atoms with van der Waals surface area (Å²) >= 11 is 10.9.